The maximum Gasteiger partial charge on any atom is 0.251 e. The summed E-state index contributed by atoms with van der Waals surface area (Å²) in [6.45, 7) is 1.39. The van der Waals surface area contributed by atoms with Gasteiger partial charge in [0.1, 0.15) is 5.82 Å². The van der Waals surface area contributed by atoms with E-state index in [1.165, 1.54) is 34.2 Å². The van der Waals surface area contributed by atoms with Crippen molar-refractivity contribution in [1.82, 2.24) is 14.9 Å². The molecule has 0 fully saturated rings. The molecule has 2 aromatic rings. The third-order valence-electron chi connectivity index (χ3n) is 4.32. The summed E-state index contributed by atoms with van der Waals surface area (Å²) in [5.74, 6) is 2.24. The molecule has 1 N–H and O–H groups in total. The number of aryl methyl sites for hydroxylation is 2. The minimum Gasteiger partial charge on any atom is -0.493 e. The van der Waals surface area contributed by atoms with E-state index in [1.807, 2.05) is 6.20 Å². The molecule has 0 spiro atoms. The summed E-state index contributed by atoms with van der Waals surface area (Å²) in [6, 6.07) is 3.27. The highest BCUT2D eigenvalue weighted by Gasteiger charge is 2.18. The topological polar surface area (TPSA) is 74.6 Å². The summed E-state index contributed by atoms with van der Waals surface area (Å²) in [7, 11) is 4.57. The number of carbonyl (C=O) groups excluding carboxylic acids is 1. The highest BCUT2D eigenvalue weighted by atomic mass is 16.5. The summed E-state index contributed by atoms with van der Waals surface area (Å²) < 4.78 is 18.0. The molecule has 0 unspecified atom stereocenters. The van der Waals surface area contributed by atoms with Gasteiger partial charge in [-0.2, -0.15) is 0 Å². The first-order chi connectivity index (χ1) is 12.2. The van der Waals surface area contributed by atoms with Crippen molar-refractivity contribution in [1.29, 1.82) is 0 Å². The first kappa shape index (κ1) is 17.1. The molecule has 0 aliphatic carbocycles. The summed E-state index contributed by atoms with van der Waals surface area (Å²) in [5, 5.41) is 2.90. The largest absolute Gasteiger partial charge is 0.493 e. The molecule has 1 amide bonds. The fourth-order valence-corrected chi connectivity index (χ4v) is 3.04. The Morgan fingerprint density at radius 3 is 2.48 bits per heavy atom. The number of aromatic nitrogens is 2. The van der Waals surface area contributed by atoms with E-state index in [9.17, 15) is 4.79 Å². The molecule has 0 radical (unpaired) electrons. The van der Waals surface area contributed by atoms with Crippen LogP contribution in [0.2, 0.25) is 0 Å². The maximum atomic E-state index is 12.5. The lowest BCUT2D eigenvalue weighted by molar-refractivity contribution is 0.0949. The normalized spacial score (nSPS) is 13.1. The van der Waals surface area contributed by atoms with Crippen molar-refractivity contribution in [2.75, 3.05) is 21.3 Å². The number of benzene rings is 1. The molecule has 0 saturated heterocycles. The lowest BCUT2D eigenvalue weighted by atomic mass is 10.1. The second-order valence-electron chi connectivity index (χ2n) is 5.90. The van der Waals surface area contributed by atoms with Crippen molar-refractivity contribution in [3.8, 4) is 17.2 Å². The van der Waals surface area contributed by atoms with Gasteiger partial charge in [0.05, 0.1) is 33.6 Å². The number of hydrogen-bond acceptors (Lipinski definition) is 5. The molecule has 3 rings (SSSR count). The zero-order chi connectivity index (χ0) is 17.8. The van der Waals surface area contributed by atoms with Crippen LogP contribution in [-0.4, -0.2) is 36.8 Å². The first-order valence-corrected chi connectivity index (χ1v) is 8.29. The second kappa shape index (κ2) is 7.46. The number of nitrogens with zero attached hydrogens (tertiary/aromatic N) is 2. The van der Waals surface area contributed by atoms with Crippen molar-refractivity contribution < 1.29 is 19.0 Å². The van der Waals surface area contributed by atoms with Crippen molar-refractivity contribution in [3.63, 3.8) is 0 Å². The number of nitrogens with one attached hydrogen (secondary N) is 1. The molecule has 7 heteroatoms. The highest BCUT2D eigenvalue weighted by molar-refractivity contribution is 5.95. The van der Waals surface area contributed by atoms with E-state index in [0.717, 1.165) is 24.5 Å². The molecule has 134 valence electrons. The van der Waals surface area contributed by atoms with Gasteiger partial charge in [-0.1, -0.05) is 0 Å². The van der Waals surface area contributed by atoms with E-state index in [2.05, 4.69) is 14.9 Å². The van der Waals surface area contributed by atoms with Gasteiger partial charge < -0.3 is 24.1 Å². The van der Waals surface area contributed by atoms with Crippen LogP contribution < -0.4 is 19.5 Å². The lowest BCUT2D eigenvalue weighted by Crippen LogP contribution is -2.23. The Morgan fingerprint density at radius 2 is 1.88 bits per heavy atom. The van der Waals surface area contributed by atoms with Gasteiger partial charge >= 0.3 is 0 Å². The van der Waals surface area contributed by atoms with Crippen LogP contribution in [0.1, 0.15) is 34.7 Å². The quantitative estimate of drug-likeness (QED) is 0.868. The minimum absolute atomic E-state index is 0.217. The molecule has 1 aromatic carbocycles. The van der Waals surface area contributed by atoms with Gasteiger partial charge in [-0.05, 0) is 25.0 Å². The molecular weight excluding hydrogens is 322 g/mol. The minimum atomic E-state index is -0.217. The first-order valence-electron chi connectivity index (χ1n) is 8.29. The number of methoxy groups -OCH3 is 3. The Morgan fingerprint density at radius 1 is 1.16 bits per heavy atom. The molecule has 1 aliphatic heterocycles. The number of carbonyl (C=O) groups is 1. The lowest BCUT2D eigenvalue weighted by Gasteiger charge is -2.13. The van der Waals surface area contributed by atoms with Crippen LogP contribution in [0.15, 0.2) is 18.3 Å². The Bertz CT molecular complexity index is 721. The SMILES string of the molecule is COc1cc(C(=O)NCc2cn3c(n2)CCCC3)cc(OC)c1OC. The zero-order valence-corrected chi connectivity index (χ0v) is 14.8. The molecule has 1 aliphatic rings. The highest BCUT2D eigenvalue weighted by Crippen LogP contribution is 2.38. The molecule has 0 bridgehead atoms. The zero-order valence-electron chi connectivity index (χ0n) is 14.8. The molecule has 0 atom stereocenters. The summed E-state index contributed by atoms with van der Waals surface area (Å²) >= 11 is 0. The number of fused-ring (bicyclic) bond motifs is 1. The molecule has 0 saturated carbocycles. The fourth-order valence-electron chi connectivity index (χ4n) is 3.04. The smallest absolute Gasteiger partial charge is 0.251 e. The van der Waals surface area contributed by atoms with Gasteiger partial charge in [0.2, 0.25) is 5.75 Å². The monoisotopic (exact) mass is 345 g/mol. The Hall–Kier alpha value is -2.70. The van der Waals surface area contributed by atoms with E-state index in [1.54, 1.807) is 12.1 Å². The van der Waals surface area contributed by atoms with Crippen LogP contribution in [-0.2, 0) is 19.5 Å². The van der Waals surface area contributed by atoms with Crippen LogP contribution in [0, 0.1) is 0 Å². The van der Waals surface area contributed by atoms with E-state index < -0.39 is 0 Å². The van der Waals surface area contributed by atoms with Gasteiger partial charge in [0.15, 0.2) is 11.5 Å². The van der Waals surface area contributed by atoms with Crippen LogP contribution >= 0.6 is 0 Å². The third-order valence-corrected chi connectivity index (χ3v) is 4.32. The third kappa shape index (κ3) is 3.55. The summed E-state index contributed by atoms with van der Waals surface area (Å²) in [4.78, 5) is 17.1. The van der Waals surface area contributed by atoms with Gasteiger partial charge in [-0.15, -0.1) is 0 Å². The van der Waals surface area contributed by atoms with E-state index in [0.29, 0.717) is 29.4 Å². The molecular formula is C18H23N3O4. The van der Waals surface area contributed by atoms with Crippen LogP contribution in [0.3, 0.4) is 0 Å². The average Bonchev–Trinajstić information content (AvgIpc) is 3.07. The van der Waals surface area contributed by atoms with Crippen molar-refractivity contribution in [2.45, 2.75) is 32.4 Å². The van der Waals surface area contributed by atoms with Crippen LogP contribution in [0.4, 0.5) is 0 Å². The second-order valence-corrected chi connectivity index (χ2v) is 5.90. The average molecular weight is 345 g/mol. The Labute approximate surface area is 146 Å². The molecule has 2 heterocycles. The molecule has 25 heavy (non-hydrogen) atoms. The Balaban J connectivity index is 1.73. The maximum absolute atomic E-state index is 12.5. The van der Waals surface area contributed by atoms with Gasteiger partial charge in [0, 0.05) is 24.7 Å². The van der Waals surface area contributed by atoms with Crippen molar-refractivity contribution >= 4 is 5.91 Å². The number of imidazole rings is 1. The number of amides is 1. The molecule has 1 aromatic heterocycles. The predicted octanol–water partition coefficient (Wildman–Crippen LogP) is 2.18. The van der Waals surface area contributed by atoms with E-state index in [-0.39, 0.29) is 5.91 Å². The number of ether oxygens (including phenoxy) is 3. The van der Waals surface area contributed by atoms with E-state index >= 15 is 0 Å². The number of hydrogen-bond donors (Lipinski definition) is 1. The Kier molecular flexibility index (Phi) is 5.11. The molecule has 7 nitrogen and oxygen atoms in total. The van der Waals surface area contributed by atoms with Gasteiger partial charge in [-0.3, -0.25) is 4.79 Å². The van der Waals surface area contributed by atoms with Gasteiger partial charge in [-0.25, -0.2) is 4.98 Å². The predicted molar refractivity (Wildman–Crippen MR) is 92.4 cm³/mol. The van der Waals surface area contributed by atoms with Crippen LogP contribution in [0.5, 0.6) is 17.2 Å². The number of rotatable bonds is 6. The van der Waals surface area contributed by atoms with Crippen molar-refractivity contribution in [3.05, 3.63) is 35.4 Å². The van der Waals surface area contributed by atoms with Gasteiger partial charge in [0.25, 0.3) is 5.91 Å². The summed E-state index contributed by atoms with van der Waals surface area (Å²) in [6.07, 6.45) is 5.37. The van der Waals surface area contributed by atoms with Crippen LogP contribution in [0.25, 0.3) is 0 Å². The standard InChI is InChI=1S/C18H23N3O4/c1-23-14-8-12(9-15(24-2)17(14)25-3)18(22)19-10-13-11-21-7-5-4-6-16(21)20-13/h8-9,11H,4-7,10H2,1-3H3,(H,19,22). The fraction of sp³-hybridized carbons (Fsp3) is 0.444. The van der Waals surface area contributed by atoms with E-state index in [4.69, 9.17) is 14.2 Å². The summed E-state index contributed by atoms with van der Waals surface area (Å²) in [5.41, 5.74) is 1.32. The van der Waals surface area contributed by atoms with Crippen molar-refractivity contribution in [2.24, 2.45) is 0 Å².